The van der Waals surface area contributed by atoms with E-state index in [2.05, 4.69) is 22.0 Å². The van der Waals surface area contributed by atoms with E-state index in [0.29, 0.717) is 17.8 Å². The topological polar surface area (TPSA) is 59.0 Å². The molecule has 1 aliphatic rings. The third kappa shape index (κ3) is 4.07. The number of nitrogens with zero attached hydrogens (tertiary/aromatic N) is 2. The molecule has 0 spiro atoms. The Hall–Kier alpha value is -1.95. The van der Waals surface area contributed by atoms with Crippen molar-refractivity contribution in [3.63, 3.8) is 0 Å². The predicted molar refractivity (Wildman–Crippen MR) is 93.9 cm³/mol. The fourth-order valence-corrected chi connectivity index (χ4v) is 3.90. The highest BCUT2D eigenvalue weighted by atomic mass is 32.2. The molecule has 0 radical (unpaired) electrons. The van der Waals surface area contributed by atoms with E-state index in [1.54, 1.807) is 6.20 Å². The molecule has 3 rings (SSSR count). The molecular formula is C17H22N4OS. The van der Waals surface area contributed by atoms with E-state index in [9.17, 15) is 4.79 Å². The van der Waals surface area contributed by atoms with Gasteiger partial charge in [-0.2, -0.15) is 16.9 Å². The molecule has 1 aromatic heterocycles. The van der Waals surface area contributed by atoms with Gasteiger partial charge < -0.3 is 10.6 Å². The minimum atomic E-state index is -0.0768. The number of carbonyl (C=O) groups excluding carboxylic acids is 1. The lowest BCUT2D eigenvalue weighted by molar-refractivity contribution is 0.237. The van der Waals surface area contributed by atoms with Crippen LogP contribution in [0, 0.1) is 0 Å². The second-order valence-electron chi connectivity index (χ2n) is 5.76. The van der Waals surface area contributed by atoms with Crippen molar-refractivity contribution >= 4 is 17.8 Å². The Kier molecular flexibility index (Phi) is 5.23. The highest BCUT2D eigenvalue weighted by Gasteiger charge is 2.27. The Morgan fingerprint density at radius 3 is 2.87 bits per heavy atom. The summed E-state index contributed by atoms with van der Waals surface area (Å²) in [5.74, 6) is 0. The summed E-state index contributed by atoms with van der Waals surface area (Å²) in [5.41, 5.74) is 2.08. The minimum absolute atomic E-state index is 0.0768. The molecule has 2 aromatic rings. The van der Waals surface area contributed by atoms with Crippen LogP contribution in [-0.4, -0.2) is 33.4 Å². The normalized spacial score (nSPS) is 20.4. The maximum Gasteiger partial charge on any atom is 0.315 e. The van der Waals surface area contributed by atoms with Crippen LogP contribution in [0.3, 0.4) is 0 Å². The molecule has 1 aromatic carbocycles. The Balaban J connectivity index is 1.49. The molecule has 23 heavy (non-hydrogen) atoms. The maximum absolute atomic E-state index is 12.0. The van der Waals surface area contributed by atoms with E-state index in [-0.39, 0.29) is 6.03 Å². The lowest BCUT2D eigenvalue weighted by atomic mass is 10.2. The Bertz CT molecular complexity index is 627. The quantitative estimate of drug-likeness (QED) is 0.886. The lowest BCUT2D eigenvalue weighted by Gasteiger charge is -2.19. The number of carbonyl (C=O) groups is 1. The summed E-state index contributed by atoms with van der Waals surface area (Å²) in [4.78, 5) is 12.0. The Morgan fingerprint density at radius 1 is 1.35 bits per heavy atom. The fourth-order valence-electron chi connectivity index (χ4n) is 2.96. The lowest BCUT2D eigenvalue weighted by Crippen LogP contribution is -2.44. The fraction of sp³-hybridized carbons (Fsp3) is 0.412. The molecular weight excluding hydrogens is 308 g/mol. The van der Waals surface area contributed by atoms with Crippen LogP contribution in [0.4, 0.5) is 4.79 Å². The molecule has 0 aliphatic heterocycles. The van der Waals surface area contributed by atoms with Gasteiger partial charge in [-0.3, -0.25) is 0 Å². The van der Waals surface area contributed by atoms with Gasteiger partial charge in [0.2, 0.25) is 0 Å². The van der Waals surface area contributed by atoms with Gasteiger partial charge in [0.15, 0.2) is 0 Å². The molecule has 1 fully saturated rings. The summed E-state index contributed by atoms with van der Waals surface area (Å²) >= 11 is 1.85. The molecule has 122 valence electrons. The van der Waals surface area contributed by atoms with Gasteiger partial charge in [-0.05, 0) is 42.9 Å². The van der Waals surface area contributed by atoms with Crippen LogP contribution in [0.1, 0.15) is 24.8 Å². The van der Waals surface area contributed by atoms with Gasteiger partial charge in [0, 0.05) is 30.2 Å². The summed E-state index contributed by atoms with van der Waals surface area (Å²) in [5, 5.41) is 10.8. The van der Waals surface area contributed by atoms with E-state index in [0.717, 1.165) is 17.7 Å². The van der Waals surface area contributed by atoms with Crippen molar-refractivity contribution < 1.29 is 4.79 Å². The molecule has 2 atom stereocenters. The number of urea groups is 1. The zero-order valence-corrected chi connectivity index (χ0v) is 14.1. The van der Waals surface area contributed by atoms with E-state index in [1.807, 2.05) is 53.0 Å². The number of hydrogen-bond acceptors (Lipinski definition) is 3. The van der Waals surface area contributed by atoms with Crippen LogP contribution in [0.2, 0.25) is 0 Å². The minimum Gasteiger partial charge on any atom is -0.334 e. The highest BCUT2D eigenvalue weighted by molar-refractivity contribution is 7.99. The zero-order valence-electron chi connectivity index (χ0n) is 13.2. The highest BCUT2D eigenvalue weighted by Crippen LogP contribution is 2.28. The van der Waals surface area contributed by atoms with Crippen molar-refractivity contribution in [3.05, 3.63) is 48.3 Å². The first-order valence-electron chi connectivity index (χ1n) is 7.92. The summed E-state index contributed by atoms with van der Waals surface area (Å²) in [6, 6.07) is 10.1. The van der Waals surface area contributed by atoms with Crippen molar-refractivity contribution in [1.29, 1.82) is 0 Å². The van der Waals surface area contributed by atoms with E-state index < -0.39 is 0 Å². The van der Waals surface area contributed by atoms with E-state index >= 15 is 0 Å². The molecule has 6 heteroatoms. The predicted octanol–water partition coefficient (Wildman–Crippen LogP) is 2.96. The van der Waals surface area contributed by atoms with Crippen molar-refractivity contribution in [2.75, 3.05) is 6.26 Å². The molecule has 5 nitrogen and oxygen atoms in total. The number of nitrogens with one attached hydrogen (secondary N) is 2. The molecule has 0 unspecified atom stereocenters. The number of benzene rings is 1. The van der Waals surface area contributed by atoms with Crippen molar-refractivity contribution in [2.24, 2.45) is 0 Å². The molecule has 2 amide bonds. The first-order chi connectivity index (χ1) is 11.3. The number of thioether (sulfide) groups is 1. The second kappa shape index (κ2) is 7.55. The first-order valence-corrected chi connectivity index (χ1v) is 9.21. The van der Waals surface area contributed by atoms with Crippen LogP contribution in [0.5, 0.6) is 0 Å². The number of rotatable bonds is 5. The number of aromatic nitrogens is 2. The first kappa shape index (κ1) is 15.9. The monoisotopic (exact) mass is 330 g/mol. The van der Waals surface area contributed by atoms with Gasteiger partial charge in [-0.15, -0.1) is 0 Å². The summed E-state index contributed by atoms with van der Waals surface area (Å²) in [6.07, 6.45) is 9.25. The average Bonchev–Trinajstić information content (AvgIpc) is 3.25. The second-order valence-corrected chi connectivity index (χ2v) is 6.83. The van der Waals surface area contributed by atoms with Crippen molar-refractivity contribution in [3.8, 4) is 5.69 Å². The largest absolute Gasteiger partial charge is 0.334 e. The van der Waals surface area contributed by atoms with Gasteiger partial charge >= 0.3 is 6.03 Å². The van der Waals surface area contributed by atoms with Gasteiger partial charge in [0.25, 0.3) is 0 Å². The van der Waals surface area contributed by atoms with Crippen LogP contribution in [-0.2, 0) is 6.54 Å². The van der Waals surface area contributed by atoms with Gasteiger partial charge in [-0.25, -0.2) is 9.48 Å². The SMILES string of the molecule is CS[C@@H]1CCC[C@@H]1NC(=O)NCc1ccc(-n2cccn2)cc1. The van der Waals surface area contributed by atoms with E-state index in [1.165, 1.54) is 12.8 Å². The Morgan fingerprint density at radius 2 is 2.17 bits per heavy atom. The standard InChI is InChI=1S/C17H22N4OS/c1-23-16-5-2-4-15(16)20-17(22)18-12-13-6-8-14(9-7-13)21-11-3-10-19-21/h3,6-11,15-16H,2,4-5,12H2,1H3,(H2,18,20,22)/t15-,16+/m0/s1. The summed E-state index contributed by atoms with van der Waals surface area (Å²) in [6.45, 7) is 0.530. The van der Waals surface area contributed by atoms with Crippen molar-refractivity contribution in [2.45, 2.75) is 37.1 Å². The van der Waals surface area contributed by atoms with Crippen molar-refractivity contribution in [1.82, 2.24) is 20.4 Å². The van der Waals surface area contributed by atoms with Crippen LogP contribution in [0.15, 0.2) is 42.7 Å². The number of amides is 2. The van der Waals surface area contributed by atoms with Crippen LogP contribution in [0.25, 0.3) is 5.69 Å². The molecule has 0 bridgehead atoms. The van der Waals surface area contributed by atoms with Gasteiger partial charge in [-0.1, -0.05) is 18.6 Å². The number of hydrogen-bond donors (Lipinski definition) is 2. The van der Waals surface area contributed by atoms with E-state index in [4.69, 9.17) is 0 Å². The van der Waals surface area contributed by atoms with Gasteiger partial charge in [0.1, 0.15) is 0 Å². The van der Waals surface area contributed by atoms with Gasteiger partial charge in [0.05, 0.1) is 5.69 Å². The smallest absolute Gasteiger partial charge is 0.315 e. The molecule has 1 aliphatic carbocycles. The summed E-state index contributed by atoms with van der Waals surface area (Å²) in [7, 11) is 0. The maximum atomic E-state index is 12.0. The molecule has 0 saturated heterocycles. The molecule has 1 heterocycles. The van der Waals surface area contributed by atoms with Crippen LogP contribution >= 0.6 is 11.8 Å². The molecule has 1 saturated carbocycles. The van der Waals surface area contributed by atoms with Crippen LogP contribution < -0.4 is 10.6 Å². The average molecular weight is 330 g/mol. The summed E-state index contributed by atoms with van der Waals surface area (Å²) < 4.78 is 1.81. The molecule has 2 N–H and O–H groups in total. The third-order valence-corrected chi connectivity index (χ3v) is 5.40. The third-order valence-electron chi connectivity index (χ3n) is 4.23. The zero-order chi connectivity index (χ0) is 16.1. The Labute approximate surface area is 140 Å².